The van der Waals surface area contributed by atoms with Gasteiger partial charge >= 0.3 is 5.97 Å². The molecule has 26 heavy (non-hydrogen) atoms. The van der Waals surface area contributed by atoms with Crippen molar-refractivity contribution < 1.29 is 9.53 Å². The Balaban J connectivity index is 0.00000196. The Hall–Kier alpha value is -1.37. The number of fused-ring (bicyclic) bond motifs is 3. The molecule has 2 aromatic rings. The lowest BCUT2D eigenvalue weighted by molar-refractivity contribution is 0.0514. The van der Waals surface area contributed by atoms with Crippen molar-refractivity contribution in [3.8, 4) is 0 Å². The lowest BCUT2D eigenvalue weighted by Gasteiger charge is -2.28. The molecule has 0 fully saturated rings. The maximum atomic E-state index is 12.4. The summed E-state index contributed by atoms with van der Waals surface area (Å²) >= 11 is 5.37. The molecule has 4 rings (SSSR count). The molecular formula is C19H20BrClN2O2S. The highest BCUT2D eigenvalue weighted by molar-refractivity contribution is 9.10. The number of anilines is 1. The van der Waals surface area contributed by atoms with E-state index in [0.717, 1.165) is 39.8 Å². The summed E-state index contributed by atoms with van der Waals surface area (Å²) in [4.78, 5) is 15.0. The number of benzene rings is 1. The van der Waals surface area contributed by atoms with Crippen molar-refractivity contribution in [2.75, 3.05) is 11.9 Å². The van der Waals surface area contributed by atoms with Gasteiger partial charge in [0.1, 0.15) is 5.69 Å². The van der Waals surface area contributed by atoms with Gasteiger partial charge in [0.2, 0.25) is 0 Å². The van der Waals surface area contributed by atoms with Crippen LogP contribution >= 0.6 is 40.1 Å². The average molecular weight is 456 g/mol. The van der Waals surface area contributed by atoms with E-state index in [-0.39, 0.29) is 18.4 Å². The molecule has 0 saturated heterocycles. The third kappa shape index (κ3) is 2.98. The number of allylic oxidation sites excluding steroid dienone is 1. The van der Waals surface area contributed by atoms with Crippen LogP contribution in [0.3, 0.4) is 0 Å². The van der Waals surface area contributed by atoms with Crippen LogP contribution in [-0.4, -0.2) is 17.1 Å². The number of ether oxygens (including phenoxy) is 1. The first-order valence-corrected chi connectivity index (χ1v) is 9.95. The van der Waals surface area contributed by atoms with Gasteiger partial charge in [-0.3, -0.25) is 0 Å². The van der Waals surface area contributed by atoms with E-state index >= 15 is 0 Å². The van der Waals surface area contributed by atoms with Gasteiger partial charge in [0.15, 0.2) is 0 Å². The van der Waals surface area contributed by atoms with Crippen molar-refractivity contribution in [3.05, 3.63) is 50.1 Å². The summed E-state index contributed by atoms with van der Waals surface area (Å²) in [6.07, 6.45) is 1.92. The van der Waals surface area contributed by atoms with Gasteiger partial charge in [0, 0.05) is 32.6 Å². The van der Waals surface area contributed by atoms with Crippen molar-refractivity contribution in [3.63, 3.8) is 0 Å². The monoisotopic (exact) mass is 454 g/mol. The lowest BCUT2D eigenvalue weighted by atomic mass is 9.97. The van der Waals surface area contributed by atoms with Crippen LogP contribution in [-0.2, 0) is 18.2 Å². The molecule has 2 aliphatic rings. The maximum Gasteiger partial charge on any atom is 0.355 e. The van der Waals surface area contributed by atoms with E-state index in [9.17, 15) is 4.79 Å². The summed E-state index contributed by atoms with van der Waals surface area (Å²) in [6, 6.07) is 6.31. The predicted octanol–water partition coefficient (Wildman–Crippen LogP) is 5.53. The Bertz CT molecular complexity index is 936. The van der Waals surface area contributed by atoms with Gasteiger partial charge in [-0.05, 0) is 50.5 Å². The van der Waals surface area contributed by atoms with E-state index in [2.05, 4.69) is 39.4 Å². The van der Waals surface area contributed by atoms with Gasteiger partial charge in [0.05, 0.1) is 18.0 Å². The molecule has 1 aliphatic carbocycles. The zero-order valence-electron chi connectivity index (χ0n) is 14.8. The standard InChI is InChI=1S/C19H19BrN2O2S.ClH/c1-4-24-19(23)18-10(2)16-13(22(18)3)6-8-15-17(16)21-12-9-11(20)5-7-14(12)25-15;/h5,7,9,21H,4,6,8H2,1-3H3;1H. The summed E-state index contributed by atoms with van der Waals surface area (Å²) in [5.74, 6) is -0.245. The fraction of sp³-hybridized carbons (Fsp3) is 0.316. The Labute approximate surface area is 171 Å². The van der Waals surface area contributed by atoms with Gasteiger partial charge in [-0.2, -0.15) is 0 Å². The first-order valence-electron chi connectivity index (χ1n) is 8.34. The van der Waals surface area contributed by atoms with Crippen LogP contribution in [0, 0.1) is 6.92 Å². The molecule has 0 saturated carbocycles. The second kappa shape index (κ2) is 7.33. The van der Waals surface area contributed by atoms with Gasteiger partial charge < -0.3 is 14.6 Å². The molecule has 1 aliphatic heterocycles. The quantitative estimate of drug-likeness (QED) is 0.605. The largest absolute Gasteiger partial charge is 0.461 e. The molecule has 1 N–H and O–H groups in total. The molecule has 0 spiro atoms. The average Bonchev–Trinajstić information content (AvgIpc) is 2.84. The van der Waals surface area contributed by atoms with E-state index in [4.69, 9.17) is 4.74 Å². The van der Waals surface area contributed by atoms with E-state index in [0.29, 0.717) is 12.3 Å². The molecule has 7 heteroatoms. The number of aromatic nitrogens is 1. The van der Waals surface area contributed by atoms with Crippen molar-refractivity contribution in [1.29, 1.82) is 0 Å². The van der Waals surface area contributed by atoms with Gasteiger partial charge in [-0.15, -0.1) is 12.4 Å². The summed E-state index contributed by atoms with van der Waals surface area (Å²) in [5.41, 5.74) is 6.25. The number of rotatable bonds is 2. The van der Waals surface area contributed by atoms with E-state index < -0.39 is 0 Å². The zero-order chi connectivity index (χ0) is 17.7. The van der Waals surface area contributed by atoms with Crippen LogP contribution in [0.2, 0.25) is 0 Å². The number of esters is 1. The molecular weight excluding hydrogens is 436 g/mol. The number of hydrogen-bond acceptors (Lipinski definition) is 4. The summed E-state index contributed by atoms with van der Waals surface area (Å²) in [7, 11) is 1.96. The number of halogens is 2. The fourth-order valence-corrected chi connectivity index (χ4v) is 5.13. The Morgan fingerprint density at radius 3 is 2.88 bits per heavy atom. The van der Waals surface area contributed by atoms with E-state index in [1.807, 2.05) is 37.2 Å². The predicted molar refractivity (Wildman–Crippen MR) is 112 cm³/mol. The van der Waals surface area contributed by atoms with Gasteiger partial charge in [-0.25, -0.2) is 4.79 Å². The SMILES string of the molecule is CCOC(=O)c1c(C)c2c(n1C)CCC1=C2Nc2cc(Br)ccc2S1.Cl. The molecule has 138 valence electrons. The van der Waals surface area contributed by atoms with Crippen LogP contribution in [0.1, 0.15) is 40.7 Å². The highest BCUT2D eigenvalue weighted by Crippen LogP contribution is 2.49. The minimum Gasteiger partial charge on any atom is -0.461 e. The highest BCUT2D eigenvalue weighted by Gasteiger charge is 2.32. The molecule has 1 aromatic heterocycles. The minimum absolute atomic E-state index is 0. The van der Waals surface area contributed by atoms with Crippen molar-refractivity contribution in [2.24, 2.45) is 7.05 Å². The number of nitrogens with zero attached hydrogens (tertiary/aromatic N) is 1. The molecule has 1 aromatic carbocycles. The fourth-order valence-electron chi connectivity index (χ4n) is 3.69. The van der Waals surface area contributed by atoms with E-state index in [1.165, 1.54) is 15.5 Å². The topological polar surface area (TPSA) is 43.3 Å². The smallest absolute Gasteiger partial charge is 0.355 e. The first-order chi connectivity index (χ1) is 12.0. The first kappa shape index (κ1) is 19.4. The second-order valence-corrected chi connectivity index (χ2v) is 8.29. The third-order valence-corrected chi connectivity index (χ3v) is 6.50. The molecule has 0 unspecified atom stereocenters. The van der Waals surface area contributed by atoms with Crippen LogP contribution in [0.25, 0.3) is 5.70 Å². The Kier molecular flexibility index (Phi) is 5.47. The third-order valence-electron chi connectivity index (χ3n) is 4.78. The molecule has 4 nitrogen and oxygen atoms in total. The highest BCUT2D eigenvalue weighted by atomic mass is 79.9. The lowest BCUT2D eigenvalue weighted by Crippen LogP contribution is -2.15. The molecule has 0 amide bonds. The summed E-state index contributed by atoms with van der Waals surface area (Å²) in [5, 5.41) is 3.61. The molecule has 0 atom stereocenters. The number of carbonyl (C=O) groups excluding carboxylic acids is 1. The molecule has 0 bridgehead atoms. The van der Waals surface area contributed by atoms with Crippen molar-refractivity contribution in [2.45, 2.75) is 31.6 Å². The van der Waals surface area contributed by atoms with Crippen LogP contribution in [0.15, 0.2) is 32.5 Å². The second-order valence-electron chi connectivity index (χ2n) is 6.24. The minimum atomic E-state index is -0.245. The van der Waals surface area contributed by atoms with Crippen LogP contribution in [0.5, 0.6) is 0 Å². The summed E-state index contributed by atoms with van der Waals surface area (Å²) < 4.78 is 8.33. The normalized spacial score (nSPS) is 14.6. The van der Waals surface area contributed by atoms with Gasteiger partial charge in [-0.1, -0.05) is 27.7 Å². The number of nitrogens with one attached hydrogen (secondary N) is 1. The zero-order valence-corrected chi connectivity index (χ0v) is 18.0. The number of carbonyl (C=O) groups is 1. The molecule has 2 heterocycles. The van der Waals surface area contributed by atoms with Gasteiger partial charge in [0.25, 0.3) is 0 Å². The van der Waals surface area contributed by atoms with E-state index in [1.54, 1.807) is 0 Å². The van der Waals surface area contributed by atoms with Crippen molar-refractivity contribution in [1.82, 2.24) is 4.57 Å². The van der Waals surface area contributed by atoms with Crippen LogP contribution < -0.4 is 5.32 Å². The number of thioether (sulfide) groups is 1. The molecule has 0 radical (unpaired) electrons. The van der Waals surface area contributed by atoms with Crippen molar-refractivity contribution >= 4 is 57.5 Å². The summed E-state index contributed by atoms with van der Waals surface area (Å²) in [6.45, 7) is 4.24. The Morgan fingerprint density at radius 1 is 1.38 bits per heavy atom. The Morgan fingerprint density at radius 2 is 2.15 bits per heavy atom. The number of hydrogen-bond donors (Lipinski definition) is 1. The maximum absolute atomic E-state index is 12.4. The van der Waals surface area contributed by atoms with Crippen LogP contribution in [0.4, 0.5) is 5.69 Å².